The first-order valence-electron chi connectivity index (χ1n) is 10.3. The molecule has 1 N–H and O–H groups in total. The first-order valence-corrected chi connectivity index (χ1v) is 10.3. The summed E-state index contributed by atoms with van der Waals surface area (Å²) >= 11 is 0. The van der Waals surface area contributed by atoms with Crippen LogP contribution in [0.3, 0.4) is 0 Å². The van der Waals surface area contributed by atoms with E-state index in [9.17, 15) is 0 Å². The molecular formula is C24H31N3. The Morgan fingerprint density at radius 2 is 1.70 bits per heavy atom. The second-order valence-electron chi connectivity index (χ2n) is 8.95. The monoisotopic (exact) mass is 361 g/mol. The van der Waals surface area contributed by atoms with Crippen molar-refractivity contribution >= 4 is 11.0 Å². The molecule has 0 unspecified atom stereocenters. The standard InChI is InChI=1S/C24H31N3/c1-24(2,3)20-10-8-18(9-11-20)12-15-27-16-13-19(14-17-27)23-25-21-6-4-5-7-22(21)26-23/h4-11,19H,12-17H2,1-3H3,(H,25,26). The molecule has 0 bridgehead atoms. The topological polar surface area (TPSA) is 31.9 Å². The highest BCUT2D eigenvalue weighted by atomic mass is 15.1. The Labute approximate surface area is 162 Å². The summed E-state index contributed by atoms with van der Waals surface area (Å²) in [7, 11) is 0. The van der Waals surface area contributed by atoms with Gasteiger partial charge in [-0.15, -0.1) is 0 Å². The van der Waals surface area contributed by atoms with E-state index < -0.39 is 0 Å². The maximum Gasteiger partial charge on any atom is 0.110 e. The Kier molecular flexibility index (Phi) is 5.05. The fraction of sp³-hybridized carbons (Fsp3) is 0.458. The number of benzene rings is 2. The lowest BCUT2D eigenvalue weighted by atomic mass is 9.86. The number of likely N-dealkylation sites (tertiary alicyclic amines) is 1. The third-order valence-electron chi connectivity index (χ3n) is 5.92. The minimum absolute atomic E-state index is 0.233. The van der Waals surface area contributed by atoms with Crippen molar-refractivity contribution in [3.05, 3.63) is 65.5 Å². The molecule has 3 heteroatoms. The summed E-state index contributed by atoms with van der Waals surface area (Å²) in [6, 6.07) is 17.5. The molecule has 0 amide bonds. The van der Waals surface area contributed by atoms with E-state index in [4.69, 9.17) is 4.98 Å². The number of nitrogens with one attached hydrogen (secondary N) is 1. The van der Waals surface area contributed by atoms with Crippen LogP contribution in [0.1, 0.15) is 56.5 Å². The smallest absolute Gasteiger partial charge is 0.110 e. The van der Waals surface area contributed by atoms with Gasteiger partial charge in [-0.25, -0.2) is 4.98 Å². The highest BCUT2D eigenvalue weighted by Gasteiger charge is 2.23. The maximum absolute atomic E-state index is 4.81. The summed E-state index contributed by atoms with van der Waals surface area (Å²) < 4.78 is 0. The average molecular weight is 362 g/mol. The molecule has 1 saturated heterocycles. The molecule has 1 aliphatic rings. The Morgan fingerprint density at radius 3 is 2.37 bits per heavy atom. The van der Waals surface area contributed by atoms with Crippen molar-refractivity contribution < 1.29 is 0 Å². The van der Waals surface area contributed by atoms with Gasteiger partial charge in [-0.3, -0.25) is 0 Å². The molecule has 0 radical (unpaired) electrons. The summed E-state index contributed by atoms with van der Waals surface area (Å²) in [5.74, 6) is 1.74. The van der Waals surface area contributed by atoms with E-state index in [1.165, 1.54) is 42.9 Å². The third kappa shape index (κ3) is 4.24. The van der Waals surface area contributed by atoms with Crippen LogP contribution in [0, 0.1) is 0 Å². The number of H-pyrrole nitrogens is 1. The number of aromatic amines is 1. The van der Waals surface area contributed by atoms with Gasteiger partial charge in [-0.1, -0.05) is 57.2 Å². The van der Waals surface area contributed by atoms with Crippen LogP contribution in [0.2, 0.25) is 0 Å². The molecule has 27 heavy (non-hydrogen) atoms. The van der Waals surface area contributed by atoms with Crippen molar-refractivity contribution in [2.45, 2.75) is 51.4 Å². The largest absolute Gasteiger partial charge is 0.342 e. The lowest BCUT2D eigenvalue weighted by molar-refractivity contribution is 0.212. The van der Waals surface area contributed by atoms with Crippen LogP contribution < -0.4 is 0 Å². The van der Waals surface area contributed by atoms with Gasteiger partial charge in [-0.05, 0) is 61.0 Å². The number of nitrogens with zero attached hydrogens (tertiary/aromatic N) is 2. The Bertz CT molecular complexity index is 845. The van der Waals surface area contributed by atoms with Gasteiger partial charge in [-0.2, -0.15) is 0 Å². The Balaban J connectivity index is 1.29. The lowest BCUT2D eigenvalue weighted by Crippen LogP contribution is -2.34. The molecule has 142 valence electrons. The Morgan fingerprint density at radius 1 is 1.00 bits per heavy atom. The van der Waals surface area contributed by atoms with E-state index in [-0.39, 0.29) is 5.41 Å². The molecule has 1 aromatic heterocycles. The number of hydrogen-bond donors (Lipinski definition) is 1. The summed E-state index contributed by atoms with van der Waals surface area (Å²) in [5.41, 5.74) is 5.35. The SMILES string of the molecule is CC(C)(C)c1ccc(CCN2CCC(c3nc4ccccc4[nH]3)CC2)cc1. The average Bonchev–Trinajstić information content (AvgIpc) is 3.11. The molecule has 2 heterocycles. The minimum atomic E-state index is 0.233. The zero-order valence-electron chi connectivity index (χ0n) is 16.8. The lowest BCUT2D eigenvalue weighted by Gasteiger charge is -2.31. The zero-order valence-corrected chi connectivity index (χ0v) is 16.8. The van der Waals surface area contributed by atoms with Crippen molar-refractivity contribution in [3.8, 4) is 0 Å². The normalized spacial score (nSPS) is 16.9. The molecule has 1 fully saturated rings. The summed E-state index contributed by atoms with van der Waals surface area (Å²) in [5, 5.41) is 0. The van der Waals surface area contributed by atoms with E-state index in [1.54, 1.807) is 0 Å². The van der Waals surface area contributed by atoms with Crippen molar-refractivity contribution in [1.29, 1.82) is 0 Å². The Hall–Kier alpha value is -2.13. The number of piperidine rings is 1. The van der Waals surface area contributed by atoms with Gasteiger partial charge in [0.1, 0.15) is 5.82 Å². The second-order valence-corrected chi connectivity index (χ2v) is 8.95. The predicted octanol–water partition coefficient (Wildman–Crippen LogP) is 5.28. The van der Waals surface area contributed by atoms with Crippen molar-refractivity contribution in [2.75, 3.05) is 19.6 Å². The maximum atomic E-state index is 4.81. The number of para-hydroxylation sites is 2. The van der Waals surface area contributed by atoms with Crippen LogP contribution >= 0.6 is 0 Å². The van der Waals surface area contributed by atoms with Gasteiger partial charge >= 0.3 is 0 Å². The van der Waals surface area contributed by atoms with E-state index in [0.717, 1.165) is 24.0 Å². The predicted molar refractivity (Wildman–Crippen MR) is 113 cm³/mol. The van der Waals surface area contributed by atoms with Crippen molar-refractivity contribution in [2.24, 2.45) is 0 Å². The zero-order chi connectivity index (χ0) is 18.9. The van der Waals surface area contributed by atoms with Gasteiger partial charge in [0.05, 0.1) is 11.0 Å². The molecule has 3 nitrogen and oxygen atoms in total. The van der Waals surface area contributed by atoms with Crippen LogP contribution in [0.15, 0.2) is 48.5 Å². The quantitative estimate of drug-likeness (QED) is 0.685. The van der Waals surface area contributed by atoms with Gasteiger partial charge < -0.3 is 9.88 Å². The molecule has 4 rings (SSSR count). The van der Waals surface area contributed by atoms with E-state index >= 15 is 0 Å². The van der Waals surface area contributed by atoms with Crippen LogP contribution in [-0.2, 0) is 11.8 Å². The third-order valence-corrected chi connectivity index (χ3v) is 5.92. The molecule has 1 aliphatic heterocycles. The molecular weight excluding hydrogens is 330 g/mol. The fourth-order valence-electron chi connectivity index (χ4n) is 4.05. The van der Waals surface area contributed by atoms with Crippen LogP contribution in [0.5, 0.6) is 0 Å². The van der Waals surface area contributed by atoms with E-state index in [1.807, 2.05) is 0 Å². The highest BCUT2D eigenvalue weighted by molar-refractivity contribution is 5.74. The molecule has 2 aromatic carbocycles. The van der Waals surface area contributed by atoms with Crippen molar-refractivity contribution in [3.63, 3.8) is 0 Å². The molecule has 0 atom stereocenters. The minimum Gasteiger partial charge on any atom is -0.342 e. The van der Waals surface area contributed by atoms with Crippen LogP contribution in [0.4, 0.5) is 0 Å². The van der Waals surface area contributed by atoms with Gasteiger partial charge in [0.2, 0.25) is 0 Å². The molecule has 3 aromatic rings. The second kappa shape index (κ2) is 7.47. The summed E-state index contributed by atoms with van der Waals surface area (Å²) in [4.78, 5) is 10.9. The van der Waals surface area contributed by atoms with E-state index in [0.29, 0.717) is 5.92 Å². The molecule has 0 saturated carbocycles. The number of imidazole rings is 1. The first-order chi connectivity index (χ1) is 13.0. The molecule has 0 aliphatic carbocycles. The number of rotatable bonds is 4. The summed E-state index contributed by atoms with van der Waals surface area (Å²) in [6.07, 6.45) is 3.53. The van der Waals surface area contributed by atoms with Crippen molar-refractivity contribution in [1.82, 2.24) is 14.9 Å². The number of aromatic nitrogens is 2. The highest BCUT2D eigenvalue weighted by Crippen LogP contribution is 2.28. The van der Waals surface area contributed by atoms with Crippen LogP contribution in [0.25, 0.3) is 11.0 Å². The summed E-state index contributed by atoms with van der Waals surface area (Å²) in [6.45, 7) is 10.3. The molecule has 0 spiro atoms. The van der Waals surface area contributed by atoms with Gasteiger partial charge in [0, 0.05) is 12.5 Å². The number of fused-ring (bicyclic) bond motifs is 1. The van der Waals surface area contributed by atoms with Gasteiger partial charge in [0.25, 0.3) is 0 Å². The number of hydrogen-bond acceptors (Lipinski definition) is 2. The van der Waals surface area contributed by atoms with Gasteiger partial charge in [0.15, 0.2) is 0 Å². The van der Waals surface area contributed by atoms with Crippen LogP contribution in [-0.4, -0.2) is 34.5 Å². The first kappa shape index (κ1) is 18.2. The fourth-order valence-corrected chi connectivity index (χ4v) is 4.05. The van der Waals surface area contributed by atoms with E-state index in [2.05, 4.69) is 79.2 Å².